The zero-order valence-electron chi connectivity index (χ0n) is 12.7. The van der Waals surface area contributed by atoms with Gasteiger partial charge in [-0.2, -0.15) is 0 Å². The van der Waals surface area contributed by atoms with Crippen molar-refractivity contribution in [3.63, 3.8) is 0 Å². The Balaban J connectivity index is 1.97. The van der Waals surface area contributed by atoms with Gasteiger partial charge in [-0.3, -0.25) is 9.59 Å². The molecule has 2 amide bonds. The molecule has 1 aliphatic heterocycles. The van der Waals surface area contributed by atoms with Gasteiger partial charge in [0.25, 0.3) is 11.8 Å². The highest BCUT2D eigenvalue weighted by Gasteiger charge is 2.26. The number of para-hydroxylation sites is 1. The maximum atomic E-state index is 12.2. The van der Waals surface area contributed by atoms with Gasteiger partial charge in [-0.1, -0.05) is 26.0 Å². The second-order valence-electron chi connectivity index (χ2n) is 6.24. The van der Waals surface area contributed by atoms with Gasteiger partial charge in [-0.05, 0) is 18.6 Å². The van der Waals surface area contributed by atoms with Crippen molar-refractivity contribution in [1.82, 2.24) is 0 Å². The molecule has 0 aliphatic carbocycles. The molecule has 0 aromatic heterocycles. The van der Waals surface area contributed by atoms with Gasteiger partial charge in [0.15, 0.2) is 6.54 Å². The Morgan fingerprint density at radius 2 is 1.86 bits per heavy atom. The summed E-state index contributed by atoms with van der Waals surface area (Å²) in [6.07, 6.45) is 1.23. The normalized spacial score (nSPS) is 25.3. The van der Waals surface area contributed by atoms with Crippen molar-refractivity contribution in [2.75, 3.05) is 25.0 Å². The van der Waals surface area contributed by atoms with Crippen molar-refractivity contribution in [2.45, 2.75) is 20.3 Å². The number of rotatable bonds is 4. The van der Waals surface area contributed by atoms with Crippen molar-refractivity contribution in [2.24, 2.45) is 17.6 Å². The van der Waals surface area contributed by atoms with Crippen LogP contribution in [0.15, 0.2) is 24.3 Å². The number of carbonyl (C=O) groups excluding carboxylic acids is 2. The number of primary amides is 1. The number of hydrogen-bond acceptors (Lipinski definition) is 2. The van der Waals surface area contributed by atoms with Crippen LogP contribution in [0.5, 0.6) is 0 Å². The van der Waals surface area contributed by atoms with E-state index in [9.17, 15) is 9.59 Å². The molecule has 2 atom stereocenters. The van der Waals surface area contributed by atoms with Gasteiger partial charge in [-0.15, -0.1) is 0 Å². The quantitative estimate of drug-likeness (QED) is 0.745. The third kappa shape index (κ3) is 4.29. The molecule has 0 radical (unpaired) electrons. The highest BCUT2D eigenvalue weighted by molar-refractivity contribution is 6.03. The maximum Gasteiger partial charge on any atom is 0.279 e. The van der Waals surface area contributed by atoms with Gasteiger partial charge < -0.3 is 16.0 Å². The molecule has 0 bridgehead atoms. The Morgan fingerprint density at radius 1 is 1.24 bits per heavy atom. The zero-order valence-corrected chi connectivity index (χ0v) is 12.7. The second-order valence-corrected chi connectivity index (χ2v) is 6.24. The number of piperidine rings is 1. The number of nitrogens with one attached hydrogen (secondary N) is 2. The summed E-state index contributed by atoms with van der Waals surface area (Å²) in [4.78, 5) is 24.8. The first-order chi connectivity index (χ1) is 9.95. The van der Waals surface area contributed by atoms with Crippen LogP contribution < -0.4 is 16.0 Å². The number of benzene rings is 1. The summed E-state index contributed by atoms with van der Waals surface area (Å²) >= 11 is 0. The number of likely N-dealkylation sites (tertiary alicyclic amines) is 1. The lowest BCUT2D eigenvalue weighted by Crippen LogP contribution is -3.15. The standard InChI is InChI=1S/C16H23N3O2/c1-11-7-12(2)9-19(8-11)10-15(20)18-14-6-4-3-5-13(14)16(17)21/h3-6,11-12H,7-10H2,1-2H3,(H2,17,21)(H,18,20)/p+1/t11-,12-/m0/s1. The molecule has 1 aliphatic rings. The van der Waals surface area contributed by atoms with Gasteiger partial charge in [0, 0.05) is 11.8 Å². The van der Waals surface area contributed by atoms with Gasteiger partial charge in [0.05, 0.1) is 24.3 Å². The zero-order chi connectivity index (χ0) is 15.4. The molecule has 0 saturated carbocycles. The summed E-state index contributed by atoms with van der Waals surface area (Å²) in [6.45, 7) is 6.94. The average Bonchev–Trinajstić information content (AvgIpc) is 2.37. The number of nitrogens with two attached hydrogens (primary N) is 1. The topological polar surface area (TPSA) is 76.6 Å². The molecule has 1 heterocycles. The van der Waals surface area contributed by atoms with Gasteiger partial charge in [0.2, 0.25) is 0 Å². The predicted molar refractivity (Wildman–Crippen MR) is 82.1 cm³/mol. The van der Waals surface area contributed by atoms with E-state index in [1.54, 1.807) is 24.3 Å². The number of anilines is 1. The molecule has 0 spiro atoms. The molecule has 2 rings (SSSR count). The van der Waals surface area contributed by atoms with Crippen molar-refractivity contribution < 1.29 is 14.5 Å². The molecule has 1 aromatic rings. The number of quaternary nitrogens is 1. The monoisotopic (exact) mass is 290 g/mol. The summed E-state index contributed by atoms with van der Waals surface area (Å²) < 4.78 is 0. The number of hydrogen-bond donors (Lipinski definition) is 3. The Bertz CT molecular complexity index is 520. The number of amides is 2. The molecule has 1 fully saturated rings. The summed E-state index contributed by atoms with van der Waals surface area (Å²) in [5.74, 6) is 0.697. The molecule has 4 N–H and O–H groups in total. The van der Waals surface area contributed by atoms with E-state index in [1.165, 1.54) is 11.3 Å². The van der Waals surface area contributed by atoms with E-state index in [1.807, 2.05) is 0 Å². The van der Waals surface area contributed by atoms with Crippen LogP contribution in [0.4, 0.5) is 5.69 Å². The van der Waals surface area contributed by atoms with Gasteiger partial charge in [0.1, 0.15) is 0 Å². The van der Waals surface area contributed by atoms with Crippen molar-refractivity contribution in [3.8, 4) is 0 Å². The third-order valence-corrected chi connectivity index (χ3v) is 3.96. The van der Waals surface area contributed by atoms with Crippen LogP contribution in [0.2, 0.25) is 0 Å². The second kappa shape index (κ2) is 6.72. The lowest BCUT2D eigenvalue weighted by Gasteiger charge is -2.31. The van der Waals surface area contributed by atoms with Crippen LogP contribution in [-0.2, 0) is 4.79 Å². The fraction of sp³-hybridized carbons (Fsp3) is 0.500. The molecule has 114 valence electrons. The van der Waals surface area contributed by atoms with E-state index < -0.39 is 5.91 Å². The molecule has 5 nitrogen and oxygen atoms in total. The first-order valence-electron chi connectivity index (χ1n) is 7.48. The Labute approximate surface area is 125 Å². The fourth-order valence-electron chi connectivity index (χ4n) is 3.30. The molecular weight excluding hydrogens is 266 g/mol. The van der Waals surface area contributed by atoms with Crippen LogP contribution in [0.3, 0.4) is 0 Å². The SMILES string of the molecule is C[C@H]1C[C@H](C)C[NH+](CC(=O)Nc2ccccc2C(N)=O)C1. The van der Waals surface area contributed by atoms with Crippen LogP contribution in [0, 0.1) is 11.8 Å². The summed E-state index contributed by atoms with van der Waals surface area (Å²) in [6, 6.07) is 6.83. The van der Waals surface area contributed by atoms with Crippen LogP contribution in [-0.4, -0.2) is 31.4 Å². The Morgan fingerprint density at radius 3 is 2.48 bits per heavy atom. The van der Waals surface area contributed by atoms with E-state index >= 15 is 0 Å². The average molecular weight is 290 g/mol. The van der Waals surface area contributed by atoms with Crippen LogP contribution in [0.25, 0.3) is 0 Å². The van der Waals surface area contributed by atoms with E-state index in [2.05, 4.69) is 19.2 Å². The van der Waals surface area contributed by atoms with Gasteiger partial charge in [-0.25, -0.2) is 0 Å². The third-order valence-electron chi connectivity index (χ3n) is 3.96. The minimum atomic E-state index is -0.529. The van der Waals surface area contributed by atoms with E-state index in [0.717, 1.165) is 13.1 Å². The van der Waals surface area contributed by atoms with Crippen molar-refractivity contribution in [3.05, 3.63) is 29.8 Å². The first kappa shape index (κ1) is 15.5. The highest BCUT2D eigenvalue weighted by Crippen LogP contribution is 2.14. The Hall–Kier alpha value is -1.88. The smallest absolute Gasteiger partial charge is 0.279 e. The van der Waals surface area contributed by atoms with Crippen molar-refractivity contribution >= 4 is 17.5 Å². The fourth-order valence-corrected chi connectivity index (χ4v) is 3.30. The maximum absolute atomic E-state index is 12.2. The molecule has 1 saturated heterocycles. The first-order valence-corrected chi connectivity index (χ1v) is 7.48. The Kier molecular flexibility index (Phi) is 4.96. The lowest BCUT2D eigenvalue weighted by atomic mass is 9.92. The van der Waals surface area contributed by atoms with Gasteiger partial charge >= 0.3 is 0 Å². The van der Waals surface area contributed by atoms with E-state index in [0.29, 0.717) is 29.6 Å². The summed E-state index contributed by atoms with van der Waals surface area (Å²) in [5.41, 5.74) is 6.16. The molecule has 5 heteroatoms. The number of carbonyl (C=O) groups is 2. The summed E-state index contributed by atoms with van der Waals surface area (Å²) in [7, 11) is 0. The largest absolute Gasteiger partial charge is 0.366 e. The molecular formula is C16H24N3O2+. The van der Waals surface area contributed by atoms with E-state index in [4.69, 9.17) is 5.73 Å². The van der Waals surface area contributed by atoms with E-state index in [-0.39, 0.29) is 5.91 Å². The molecule has 1 aromatic carbocycles. The molecule has 0 unspecified atom stereocenters. The van der Waals surface area contributed by atoms with Crippen LogP contribution >= 0.6 is 0 Å². The molecule has 21 heavy (non-hydrogen) atoms. The minimum Gasteiger partial charge on any atom is -0.366 e. The highest BCUT2D eigenvalue weighted by atomic mass is 16.2. The van der Waals surface area contributed by atoms with Crippen LogP contribution in [0.1, 0.15) is 30.6 Å². The van der Waals surface area contributed by atoms with Crippen molar-refractivity contribution in [1.29, 1.82) is 0 Å². The minimum absolute atomic E-state index is 0.0694. The summed E-state index contributed by atoms with van der Waals surface area (Å²) in [5, 5.41) is 2.81. The lowest BCUT2D eigenvalue weighted by molar-refractivity contribution is -0.904. The predicted octanol–water partition coefficient (Wildman–Crippen LogP) is 0.285.